The number of nitrogens with zero attached hydrogens (tertiary/aromatic N) is 2. The van der Waals surface area contributed by atoms with Gasteiger partial charge in [0.25, 0.3) is 0 Å². The van der Waals surface area contributed by atoms with E-state index in [-0.39, 0.29) is 17.6 Å². The normalized spacial score (nSPS) is 30.5. The van der Waals surface area contributed by atoms with Gasteiger partial charge in [0.2, 0.25) is 0 Å². The lowest BCUT2D eigenvalue weighted by atomic mass is 9.71. The van der Waals surface area contributed by atoms with Gasteiger partial charge in [-0.3, -0.25) is 4.99 Å². The van der Waals surface area contributed by atoms with Crippen LogP contribution in [0.25, 0.3) is 0 Å². The Morgan fingerprint density at radius 2 is 2.00 bits per heavy atom. The van der Waals surface area contributed by atoms with Crippen LogP contribution in [-0.2, 0) is 16.1 Å². The van der Waals surface area contributed by atoms with Gasteiger partial charge < -0.3 is 14.2 Å². The summed E-state index contributed by atoms with van der Waals surface area (Å²) in [5.74, 6) is 0. The van der Waals surface area contributed by atoms with Crippen LogP contribution in [0.15, 0.2) is 27.9 Å². The van der Waals surface area contributed by atoms with E-state index in [1.165, 1.54) is 0 Å². The van der Waals surface area contributed by atoms with Crippen LogP contribution in [0.1, 0.15) is 60.8 Å². The standard InChI is InChI=1S/C21H33N3O3S/c1-8-14-16-15(22-7)13-21(17(16)23-28(26)20(14,5)6)9-11-24(12-10-21)18(25)27-19(2,3)4/h8,17,23H,7,9-13H2,1-6H3/b14-8+/t17-,28?/m1/s1. The number of likely N-dealkylation sites (tertiary alicyclic amines) is 1. The van der Waals surface area contributed by atoms with Crippen molar-refractivity contribution in [2.24, 2.45) is 10.4 Å². The van der Waals surface area contributed by atoms with Crippen molar-refractivity contribution in [3.8, 4) is 0 Å². The first-order valence-electron chi connectivity index (χ1n) is 9.98. The summed E-state index contributed by atoms with van der Waals surface area (Å²) in [6.45, 7) is 16.7. The summed E-state index contributed by atoms with van der Waals surface area (Å²) in [5, 5.41) is 0. The molecular weight excluding hydrogens is 374 g/mol. The third-order valence-electron chi connectivity index (χ3n) is 6.25. The van der Waals surface area contributed by atoms with Gasteiger partial charge in [-0.15, -0.1) is 4.72 Å². The van der Waals surface area contributed by atoms with Gasteiger partial charge in [0, 0.05) is 46.7 Å². The lowest BCUT2D eigenvalue weighted by Crippen LogP contribution is -2.60. The second-order valence-electron chi connectivity index (χ2n) is 9.56. The molecule has 3 aliphatic rings. The van der Waals surface area contributed by atoms with Gasteiger partial charge >= 0.3 is 6.09 Å². The number of piperidine rings is 1. The number of hydrogen-bond donors (Lipinski definition) is 1. The summed E-state index contributed by atoms with van der Waals surface area (Å²) in [6.07, 6.45) is 4.26. The monoisotopic (exact) mass is 407 g/mol. The largest absolute Gasteiger partial charge is 0.597 e. The molecule has 1 amide bonds. The third kappa shape index (κ3) is 3.53. The fraction of sp³-hybridized carbons (Fsp3) is 0.714. The maximum Gasteiger partial charge on any atom is 0.410 e. The number of amides is 1. The van der Waals surface area contributed by atoms with Crippen molar-refractivity contribution in [3.05, 3.63) is 22.9 Å². The predicted octanol–water partition coefficient (Wildman–Crippen LogP) is 3.72. The SMILES string of the molecule is C=NC1=C2/C(=C\C)C(C)(C)[S+]([O-])N[C@H]2C2(CCN(C(=O)OC(C)(C)C)CC2)C1. The van der Waals surface area contributed by atoms with Crippen LogP contribution in [0.2, 0.25) is 0 Å². The van der Waals surface area contributed by atoms with E-state index in [1.54, 1.807) is 4.90 Å². The van der Waals surface area contributed by atoms with Gasteiger partial charge in [0.1, 0.15) is 5.60 Å². The van der Waals surface area contributed by atoms with Gasteiger partial charge in [-0.1, -0.05) is 6.08 Å². The van der Waals surface area contributed by atoms with Crippen molar-refractivity contribution >= 4 is 24.2 Å². The van der Waals surface area contributed by atoms with Crippen LogP contribution in [0.3, 0.4) is 0 Å². The smallest absolute Gasteiger partial charge is 0.410 e. The molecule has 2 saturated heterocycles. The van der Waals surface area contributed by atoms with Crippen LogP contribution in [0.5, 0.6) is 0 Å². The number of fused-ring (bicyclic) bond motifs is 2. The zero-order chi connectivity index (χ0) is 20.9. The fourth-order valence-electron chi connectivity index (χ4n) is 4.75. The van der Waals surface area contributed by atoms with E-state index >= 15 is 0 Å². The van der Waals surface area contributed by atoms with Crippen LogP contribution in [0, 0.1) is 5.41 Å². The molecule has 1 N–H and O–H groups in total. The van der Waals surface area contributed by atoms with E-state index in [1.807, 2.05) is 41.5 Å². The van der Waals surface area contributed by atoms with E-state index in [0.717, 1.165) is 36.1 Å². The summed E-state index contributed by atoms with van der Waals surface area (Å²) in [4.78, 5) is 18.6. The maximum atomic E-state index is 13.0. The second-order valence-corrected chi connectivity index (χ2v) is 11.4. The molecule has 3 rings (SSSR count). The highest BCUT2D eigenvalue weighted by Gasteiger charge is 2.58. The highest BCUT2D eigenvalue weighted by Crippen LogP contribution is 2.55. The predicted molar refractivity (Wildman–Crippen MR) is 114 cm³/mol. The van der Waals surface area contributed by atoms with Crippen molar-refractivity contribution in [2.45, 2.75) is 77.2 Å². The minimum Gasteiger partial charge on any atom is -0.597 e. The molecule has 0 aromatic carbocycles. The van der Waals surface area contributed by atoms with Gasteiger partial charge in [-0.2, -0.15) is 0 Å². The molecule has 156 valence electrons. The highest BCUT2D eigenvalue weighted by molar-refractivity contribution is 7.91. The van der Waals surface area contributed by atoms with Crippen molar-refractivity contribution in [2.75, 3.05) is 13.1 Å². The molecule has 0 saturated carbocycles. The second kappa shape index (κ2) is 7.18. The summed E-state index contributed by atoms with van der Waals surface area (Å²) < 4.78 is 21.4. The first-order valence-corrected chi connectivity index (χ1v) is 11.1. The number of rotatable bonds is 1. The van der Waals surface area contributed by atoms with Crippen molar-refractivity contribution in [1.82, 2.24) is 9.62 Å². The molecule has 0 aromatic rings. The zero-order valence-corrected chi connectivity index (χ0v) is 18.7. The Morgan fingerprint density at radius 3 is 2.50 bits per heavy atom. The molecule has 2 heterocycles. The topological polar surface area (TPSA) is 77.0 Å². The number of ether oxygens (including phenoxy) is 1. The van der Waals surface area contributed by atoms with Crippen LogP contribution in [-0.4, -0.2) is 51.7 Å². The first kappa shape index (κ1) is 21.4. The Bertz CT molecular complexity index is 728. The number of aliphatic imine (C=N–C) groups is 1. The molecule has 0 radical (unpaired) electrons. The van der Waals surface area contributed by atoms with Gasteiger partial charge in [0.15, 0.2) is 4.75 Å². The van der Waals surface area contributed by atoms with Crippen LogP contribution < -0.4 is 4.72 Å². The average Bonchev–Trinajstić information content (AvgIpc) is 2.88. The highest BCUT2D eigenvalue weighted by atomic mass is 32.2. The Morgan fingerprint density at radius 1 is 1.39 bits per heavy atom. The molecule has 28 heavy (non-hydrogen) atoms. The van der Waals surface area contributed by atoms with Crippen molar-refractivity contribution < 1.29 is 14.1 Å². The molecule has 1 aliphatic carbocycles. The third-order valence-corrected chi connectivity index (χ3v) is 7.85. The molecule has 1 unspecified atom stereocenters. The molecule has 0 aromatic heterocycles. The van der Waals surface area contributed by atoms with E-state index in [4.69, 9.17) is 4.74 Å². The molecule has 6 nitrogen and oxygen atoms in total. The molecular formula is C21H33N3O3S. The van der Waals surface area contributed by atoms with E-state index < -0.39 is 21.7 Å². The maximum absolute atomic E-state index is 13.0. The van der Waals surface area contributed by atoms with Crippen molar-refractivity contribution in [3.63, 3.8) is 0 Å². The van der Waals surface area contributed by atoms with E-state index in [2.05, 4.69) is 22.5 Å². The lowest BCUT2D eigenvalue weighted by Gasteiger charge is -2.47. The molecule has 7 heteroatoms. The van der Waals surface area contributed by atoms with E-state index in [0.29, 0.717) is 13.1 Å². The Kier molecular flexibility index (Phi) is 5.49. The van der Waals surface area contributed by atoms with E-state index in [9.17, 15) is 9.35 Å². The van der Waals surface area contributed by atoms with Crippen molar-refractivity contribution in [1.29, 1.82) is 0 Å². The Labute approximate surface area is 171 Å². The minimum atomic E-state index is -1.19. The molecule has 1 spiro atoms. The molecule has 2 atom stereocenters. The first-order chi connectivity index (χ1) is 12.9. The number of carbonyl (C=O) groups is 1. The van der Waals surface area contributed by atoms with Crippen LogP contribution in [0.4, 0.5) is 4.79 Å². The van der Waals surface area contributed by atoms with Gasteiger partial charge in [-0.05, 0) is 67.5 Å². The quantitative estimate of drug-likeness (QED) is 0.531. The molecule has 2 aliphatic heterocycles. The van der Waals surface area contributed by atoms with Crippen LogP contribution >= 0.6 is 0 Å². The van der Waals surface area contributed by atoms with Gasteiger partial charge in [0.05, 0.1) is 6.04 Å². The summed E-state index contributed by atoms with van der Waals surface area (Å²) >= 11 is -1.19. The Hall–Kier alpha value is -1.31. The molecule has 0 bridgehead atoms. The summed E-state index contributed by atoms with van der Waals surface area (Å²) in [6, 6.07) is -0.0196. The minimum absolute atomic E-state index is 0.0196. The Balaban J connectivity index is 1.83. The average molecular weight is 408 g/mol. The number of nitrogens with one attached hydrogen (secondary N) is 1. The lowest BCUT2D eigenvalue weighted by molar-refractivity contribution is 0.00862. The number of carbonyl (C=O) groups excluding carboxylic acids is 1. The number of hydrogen-bond acceptors (Lipinski definition) is 5. The summed E-state index contributed by atoms with van der Waals surface area (Å²) in [5.41, 5.74) is 2.67. The zero-order valence-electron chi connectivity index (χ0n) is 17.9. The number of allylic oxidation sites excluding steroid dienone is 2. The van der Waals surface area contributed by atoms with Gasteiger partial charge in [-0.25, -0.2) is 4.79 Å². The molecule has 2 fully saturated rings. The fourth-order valence-corrected chi connectivity index (χ4v) is 6.05. The summed E-state index contributed by atoms with van der Waals surface area (Å²) in [7, 11) is 0.